The Bertz CT molecular complexity index is 866. The predicted molar refractivity (Wildman–Crippen MR) is 103 cm³/mol. The zero-order valence-corrected chi connectivity index (χ0v) is 16.2. The van der Waals surface area contributed by atoms with Crippen LogP contribution in [-0.2, 0) is 10.2 Å². The molecule has 1 aromatic heterocycles. The number of urea groups is 1. The Hall–Kier alpha value is -2.83. The van der Waals surface area contributed by atoms with Gasteiger partial charge >= 0.3 is 12.0 Å². The number of aromatic nitrogens is 2. The summed E-state index contributed by atoms with van der Waals surface area (Å²) < 4.78 is 1.75. The summed E-state index contributed by atoms with van der Waals surface area (Å²) in [7, 11) is 0. The Morgan fingerprint density at radius 1 is 1.26 bits per heavy atom. The third kappa shape index (κ3) is 3.97. The largest absolute Gasteiger partial charge is 0.481 e. The van der Waals surface area contributed by atoms with Gasteiger partial charge in [-0.2, -0.15) is 5.10 Å². The van der Waals surface area contributed by atoms with E-state index in [-0.39, 0.29) is 18.0 Å². The predicted octanol–water partition coefficient (Wildman–Crippen LogP) is 3.42. The van der Waals surface area contributed by atoms with E-state index in [1.54, 1.807) is 9.58 Å². The molecule has 2 amide bonds. The minimum absolute atomic E-state index is 0.171. The second-order valence-corrected chi connectivity index (χ2v) is 8.06. The SMILES string of the molecule is Cc1ccccc1-n1nc(C(C)(C)C)cc1NC(=O)N1CCC(C(=O)O)C1. The molecular formula is C20H26N4O3. The van der Waals surface area contributed by atoms with Crippen molar-refractivity contribution in [2.24, 2.45) is 5.92 Å². The molecular weight excluding hydrogens is 344 g/mol. The molecule has 1 aliphatic heterocycles. The van der Waals surface area contributed by atoms with Crippen molar-refractivity contribution >= 4 is 17.8 Å². The van der Waals surface area contributed by atoms with E-state index < -0.39 is 11.9 Å². The molecule has 2 N–H and O–H groups in total. The number of rotatable bonds is 3. The molecule has 1 unspecified atom stereocenters. The standard InChI is InChI=1S/C20H26N4O3/c1-13-7-5-6-8-15(13)24-17(11-16(22-24)20(2,3)4)21-19(27)23-10-9-14(12-23)18(25)26/h5-8,11,14H,9-10,12H2,1-4H3,(H,21,27)(H,25,26). The molecule has 0 radical (unpaired) electrons. The number of likely N-dealkylation sites (tertiary alicyclic amines) is 1. The van der Waals surface area contributed by atoms with E-state index in [2.05, 4.69) is 26.1 Å². The summed E-state index contributed by atoms with van der Waals surface area (Å²) in [6, 6.07) is 9.44. The number of carboxylic acid groups (broad SMARTS) is 1. The monoisotopic (exact) mass is 370 g/mol. The van der Waals surface area contributed by atoms with Crippen LogP contribution < -0.4 is 5.32 Å². The molecule has 7 nitrogen and oxygen atoms in total. The van der Waals surface area contributed by atoms with E-state index in [4.69, 9.17) is 10.2 Å². The average molecular weight is 370 g/mol. The van der Waals surface area contributed by atoms with Gasteiger partial charge in [-0.15, -0.1) is 0 Å². The number of anilines is 1. The van der Waals surface area contributed by atoms with E-state index in [0.717, 1.165) is 16.9 Å². The third-order valence-electron chi connectivity index (χ3n) is 4.88. The molecule has 2 heterocycles. The number of carbonyl (C=O) groups is 2. The number of hydrogen-bond donors (Lipinski definition) is 2. The first-order valence-electron chi connectivity index (χ1n) is 9.12. The highest BCUT2D eigenvalue weighted by atomic mass is 16.4. The minimum atomic E-state index is -0.856. The van der Waals surface area contributed by atoms with Gasteiger partial charge in [-0.25, -0.2) is 9.48 Å². The summed E-state index contributed by atoms with van der Waals surface area (Å²) >= 11 is 0. The summed E-state index contributed by atoms with van der Waals surface area (Å²) in [6.45, 7) is 8.87. The van der Waals surface area contributed by atoms with Crippen LogP contribution in [0.15, 0.2) is 30.3 Å². The van der Waals surface area contributed by atoms with Crippen LogP contribution in [0.25, 0.3) is 5.69 Å². The van der Waals surface area contributed by atoms with Crippen LogP contribution in [0.1, 0.15) is 38.4 Å². The van der Waals surface area contributed by atoms with Gasteiger partial charge in [0.2, 0.25) is 0 Å². The fourth-order valence-electron chi connectivity index (χ4n) is 3.16. The fourth-order valence-corrected chi connectivity index (χ4v) is 3.16. The lowest BCUT2D eigenvalue weighted by molar-refractivity contribution is -0.141. The maximum absolute atomic E-state index is 12.7. The number of para-hydroxylation sites is 1. The Balaban J connectivity index is 1.90. The molecule has 1 aromatic carbocycles. The van der Waals surface area contributed by atoms with Crippen molar-refractivity contribution < 1.29 is 14.7 Å². The molecule has 1 fully saturated rings. The summed E-state index contributed by atoms with van der Waals surface area (Å²) in [5.41, 5.74) is 2.64. The Morgan fingerprint density at radius 3 is 2.56 bits per heavy atom. The molecule has 1 saturated heterocycles. The normalized spacial score (nSPS) is 17.2. The van der Waals surface area contributed by atoms with Gasteiger partial charge in [-0.3, -0.25) is 10.1 Å². The van der Waals surface area contributed by atoms with Crippen LogP contribution in [0.2, 0.25) is 0 Å². The van der Waals surface area contributed by atoms with Gasteiger partial charge in [0.05, 0.1) is 17.3 Å². The quantitative estimate of drug-likeness (QED) is 0.867. The highest BCUT2D eigenvalue weighted by Gasteiger charge is 2.31. The molecule has 0 saturated carbocycles. The summed E-state index contributed by atoms with van der Waals surface area (Å²) in [5.74, 6) is -0.773. The van der Waals surface area contributed by atoms with Crippen LogP contribution in [0.4, 0.5) is 10.6 Å². The first-order valence-corrected chi connectivity index (χ1v) is 9.12. The number of carbonyl (C=O) groups excluding carboxylic acids is 1. The molecule has 2 aromatic rings. The van der Waals surface area contributed by atoms with Gasteiger partial charge in [0.25, 0.3) is 0 Å². The van der Waals surface area contributed by atoms with Crippen LogP contribution in [-0.4, -0.2) is 44.9 Å². The number of benzene rings is 1. The highest BCUT2D eigenvalue weighted by molar-refractivity contribution is 5.89. The number of carboxylic acids is 1. The lowest BCUT2D eigenvalue weighted by atomic mass is 9.92. The van der Waals surface area contributed by atoms with Crippen molar-refractivity contribution in [2.75, 3.05) is 18.4 Å². The molecule has 0 aliphatic carbocycles. The molecule has 27 heavy (non-hydrogen) atoms. The van der Waals surface area contributed by atoms with E-state index in [1.165, 1.54) is 0 Å². The molecule has 1 aliphatic rings. The first kappa shape index (κ1) is 18.9. The van der Waals surface area contributed by atoms with Crippen LogP contribution in [0, 0.1) is 12.8 Å². The minimum Gasteiger partial charge on any atom is -0.481 e. The third-order valence-corrected chi connectivity index (χ3v) is 4.88. The van der Waals surface area contributed by atoms with Crippen molar-refractivity contribution in [3.8, 4) is 5.69 Å². The van der Waals surface area contributed by atoms with Crippen molar-refractivity contribution in [3.63, 3.8) is 0 Å². The van der Waals surface area contributed by atoms with Crippen LogP contribution in [0.5, 0.6) is 0 Å². The number of aliphatic carboxylic acids is 1. The van der Waals surface area contributed by atoms with Gasteiger partial charge in [0.15, 0.2) is 0 Å². The molecule has 144 valence electrons. The Labute approximate surface area is 159 Å². The second kappa shape index (κ2) is 7.06. The number of hydrogen-bond acceptors (Lipinski definition) is 3. The number of aryl methyl sites for hydroxylation is 1. The van der Waals surface area contributed by atoms with Crippen molar-refractivity contribution in [1.82, 2.24) is 14.7 Å². The molecule has 0 spiro atoms. The zero-order chi connectivity index (χ0) is 19.8. The molecule has 0 bridgehead atoms. The zero-order valence-electron chi connectivity index (χ0n) is 16.2. The first-order chi connectivity index (χ1) is 12.7. The summed E-state index contributed by atoms with van der Waals surface area (Å²) in [5, 5.41) is 16.8. The lowest BCUT2D eigenvalue weighted by Gasteiger charge is -2.17. The van der Waals surface area contributed by atoms with E-state index in [0.29, 0.717) is 18.8 Å². The Morgan fingerprint density at radius 2 is 1.96 bits per heavy atom. The number of nitrogens with zero attached hydrogens (tertiary/aromatic N) is 3. The summed E-state index contributed by atoms with van der Waals surface area (Å²) in [6.07, 6.45) is 0.479. The molecule has 7 heteroatoms. The van der Waals surface area contributed by atoms with Gasteiger partial charge in [-0.1, -0.05) is 39.0 Å². The smallest absolute Gasteiger partial charge is 0.323 e. The highest BCUT2D eigenvalue weighted by Crippen LogP contribution is 2.28. The van der Waals surface area contributed by atoms with Crippen LogP contribution in [0.3, 0.4) is 0 Å². The number of amides is 2. The fraction of sp³-hybridized carbons (Fsp3) is 0.450. The van der Waals surface area contributed by atoms with Gasteiger partial charge in [0.1, 0.15) is 5.82 Å². The molecule has 3 rings (SSSR count). The lowest BCUT2D eigenvalue weighted by Crippen LogP contribution is -2.34. The topological polar surface area (TPSA) is 87.5 Å². The van der Waals surface area contributed by atoms with Gasteiger partial charge in [0, 0.05) is 24.6 Å². The van der Waals surface area contributed by atoms with Gasteiger partial charge in [-0.05, 0) is 25.0 Å². The van der Waals surface area contributed by atoms with E-state index in [1.807, 2.05) is 37.3 Å². The maximum atomic E-state index is 12.7. The van der Waals surface area contributed by atoms with Gasteiger partial charge < -0.3 is 10.0 Å². The second-order valence-electron chi connectivity index (χ2n) is 8.06. The summed E-state index contributed by atoms with van der Waals surface area (Å²) in [4.78, 5) is 25.4. The molecule has 1 atom stereocenters. The number of nitrogens with one attached hydrogen (secondary N) is 1. The van der Waals surface area contributed by atoms with Crippen LogP contribution >= 0.6 is 0 Å². The van der Waals surface area contributed by atoms with Crippen molar-refractivity contribution in [1.29, 1.82) is 0 Å². The Kier molecular flexibility index (Phi) is 4.95. The van der Waals surface area contributed by atoms with Crippen molar-refractivity contribution in [3.05, 3.63) is 41.6 Å². The average Bonchev–Trinajstić information content (AvgIpc) is 3.22. The maximum Gasteiger partial charge on any atom is 0.323 e. The van der Waals surface area contributed by atoms with E-state index in [9.17, 15) is 9.59 Å². The van der Waals surface area contributed by atoms with Crippen molar-refractivity contribution in [2.45, 2.75) is 39.5 Å². The van der Waals surface area contributed by atoms with E-state index >= 15 is 0 Å².